The first-order valence-electron chi connectivity index (χ1n) is 16.2. The van der Waals surface area contributed by atoms with E-state index in [1.807, 2.05) is 6.07 Å². The standard InChI is InChI=1S/C41H34N4O/c1-4-12-27(13-5-1)34-26-35(28-14-6-2-7-15-28)43-40(42-34)29-20-22-31(23-21-29)45-36-19-11-10-18-32(36)38-37(45)25-24-33-39(38)46-41(44-33)30-16-8-3-9-17-30/h1-6,8-14,16-26,37-38,40-42,44H,7,15H2. The van der Waals surface area contributed by atoms with Crippen molar-refractivity contribution < 1.29 is 4.74 Å². The Labute approximate surface area is 269 Å². The summed E-state index contributed by atoms with van der Waals surface area (Å²) in [6, 6.07) is 38.7. The molecule has 3 aliphatic heterocycles. The van der Waals surface area contributed by atoms with Crippen molar-refractivity contribution in [2.75, 3.05) is 4.90 Å². The lowest BCUT2D eigenvalue weighted by Gasteiger charge is -2.31. The molecule has 5 heteroatoms. The van der Waals surface area contributed by atoms with Gasteiger partial charge in [0.1, 0.15) is 11.9 Å². The molecule has 4 aromatic rings. The largest absolute Gasteiger partial charge is 0.468 e. The molecule has 0 amide bonds. The summed E-state index contributed by atoms with van der Waals surface area (Å²) in [5, 5.41) is 7.34. The summed E-state index contributed by atoms with van der Waals surface area (Å²) < 4.78 is 6.66. The van der Waals surface area contributed by atoms with Crippen LogP contribution in [-0.4, -0.2) is 11.8 Å². The summed E-state index contributed by atoms with van der Waals surface area (Å²) in [5.41, 5.74) is 11.6. The number of nitrogens with one attached hydrogen (secondary N) is 2. The van der Waals surface area contributed by atoms with Gasteiger partial charge in [-0.25, -0.2) is 0 Å². The van der Waals surface area contributed by atoms with Crippen LogP contribution in [0.25, 0.3) is 5.70 Å². The molecule has 2 N–H and O–H groups in total. The first-order chi connectivity index (χ1) is 22.8. The number of aliphatic imine (C=N–C) groups is 1. The van der Waals surface area contributed by atoms with Crippen molar-refractivity contribution in [3.63, 3.8) is 0 Å². The molecule has 0 saturated heterocycles. The van der Waals surface area contributed by atoms with Crippen LogP contribution in [0.5, 0.6) is 0 Å². The van der Waals surface area contributed by atoms with Gasteiger partial charge < -0.3 is 20.3 Å². The maximum atomic E-state index is 6.66. The van der Waals surface area contributed by atoms with Gasteiger partial charge in [0.15, 0.2) is 6.23 Å². The Morgan fingerprint density at radius 1 is 0.783 bits per heavy atom. The van der Waals surface area contributed by atoms with Crippen molar-refractivity contribution in [2.45, 2.75) is 37.2 Å². The normalized spacial score (nSPS) is 24.1. The summed E-state index contributed by atoms with van der Waals surface area (Å²) in [6.07, 6.45) is 15.0. The van der Waals surface area contributed by atoms with E-state index in [1.165, 1.54) is 22.4 Å². The molecule has 4 unspecified atom stereocenters. The van der Waals surface area contributed by atoms with E-state index in [9.17, 15) is 0 Å². The third-order valence-electron chi connectivity index (χ3n) is 9.57. The zero-order chi connectivity index (χ0) is 30.5. The fraction of sp³-hybridized carbons (Fsp3) is 0.146. The number of allylic oxidation sites excluding steroid dienone is 6. The number of rotatable bonds is 5. The molecule has 4 aromatic carbocycles. The number of fused-ring (bicyclic) bond motifs is 4. The van der Waals surface area contributed by atoms with E-state index in [0.29, 0.717) is 0 Å². The van der Waals surface area contributed by atoms with Gasteiger partial charge in [-0.1, -0.05) is 115 Å². The fourth-order valence-electron chi connectivity index (χ4n) is 7.33. The van der Waals surface area contributed by atoms with Crippen LogP contribution in [0.2, 0.25) is 0 Å². The maximum Gasteiger partial charge on any atom is 0.196 e. The topological polar surface area (TPSA) is 48.9 Å². The summed E-state index contributed by atoms with van der Waals surface area (Å²) in [7, 11) is 0. The number of ether oxygens (including phenoxy) is 1. The number of para-hydroxylation sites is 1. The Hall–Kier alpha value is -5.55. The van der Waals surface area contributed by atoms with E-state index < -0.39 is 0 Å². The molecule has 9 rings (SSSR count). The second kappa shape index (κ2) is 11.1. The first-order valence-corrected chi connectivity index (χ1v) is 16.2. The first kappa shape index (κ1) is 26.8. The average Bonchev–Trinajstić information content (AvgIpc) is 3.72. The highest BCUT2D eigenvalue weighted by Crippen LogP contribution is 2.53. The lowest BCUT2D eigenvalue weighted by atomic mass is 9.88. The van der Waals surface area contributed by atoms with Crippen LogP contribution in [0.1, 0.15) is 53.4 Å². The van der Waals surface area contributed by atoms with Gasteiger partial charge in [-0.05, 0) is 65.5 Å². The van der Waals surface area contributed by atoms with Crippen LogP contribution in [0, 0.1) is 0 Å². The van der Waals surface area contributed by atoms with Crippen LogP contribution in [0.15, 0.2) is 168 Å². The minimum Gasteiger partial charge on any atom is -0.468 e. The molecule has 0 radical (unpaired) electrons. The van der Waals surface area contributed by atoms with E-state index in [-0.39, 0.29) is 24.4 Å². The highest BCUT2D eigenvalue weighted by molar-refractivity contribution is 6.13. The Balaban J connectivity index is 1.03. The van der Waals surface area contributed by atoms with Gasteiger partial charge >= 0.3 is 0 Å². The van der Waals surface area contributed by atoms with Crippen LogP contribution >= 0.6 is 0 Å². The fourth-order valence-corrected chi connectivity index (χ4v) is 7.33. The molecule has 0 saturated carbocycles. The second-order valence-corrected chi connectivity index (χ2v) is 12.3. The van der Waals surface area contributed by atoms with Crippen molar-refractivity contribution in [1.82, 2.24) is 10.6 Å². The molecule has 0 aromatic heterocycles. The average molecular weight is 599 g/mol. The molecular formula is C41H34N4O. The van der Waals surface area contributed by atoms with Gasteiger partial charge in [0.2, 0.25) is 0 Å². The molecule has 0 spiro atoms. The quantitative estimate of drug-likeness (QED) is 0.241. The van der Waals surface area contributed by atoms with Crippen LogP contribution in [0.3, 0.4) is 0 Å². The summed E-state index contributed by atoms with van der Waals surface area (Å²) >= 11 is 0. The van der Waals surface area contributed by atoms with Crippen molar-refractivity contribution >= 4 is 22.8 Å². The number of hydrogen-bond acceptors (Lipinski definition) is 5. The van der Waals surface area contributed by atoms with E-state index >= 15 is 0 Å². The molecule has 0 fully saturated rings. The van der Waals surface area contributed by atoms with Gasteiger partial charge in [-0.2, -0.15) is 0 Å². The third-order valence-corrected chi connectivity index (χ3v) is 9.57. The molecule has 5 nitrogen and oxygen atoms in total. The molecule has 5 aliphatic rings. The van der Waals surface area contributed by atoms with E-state index in [2.05, 4.69) is 155 Å². The molecule has 4 atom stereocenters. The van der Waals surface area contributed by atoms with E-state index in [1.54, 1.807) is 0 Å². The minimum absolute atomic E-state index is 0.112. The Morgan fingerprint density at radius 3 is 2.37 bits per heavy atom. The SMILES string of the molecule is C1=CCCC(C2=NC(c3ccc(N4c5ccccc5C5C6=C(C=CC54)NC(c4ccccc4)O6)cc3)NC(c3ccccc3)=C2)=C1. The number of nitrogens with zero attached hydrogens (tertiary/aromatic N) is 2. The Kier molecular flexibility index (Phi) is 6.48. The van der Waals surface area contributed by atoms with Gasteiger partial charge in [0, 0.05) is 22.6 Å². The van der Waals surface area contributed by atoms with E-state index in [0.717, 1.165) is 52.5 Å². The predicted molar refractivity (Wildman–Crippen MR) is 185 cm³/mol. The highest BCUT2D eigenvalue weighted by Gasteiger charge is 2.46. The Morgan fingerprint density at radius 2 is 1.57 bits per heavy atom. The van der Waals surface area contributed by atoms with Crippen molar-refractivity contribution in [1.29, 1.82) is 0 Å². The zero-order valence-electron chi connectivity index (χ0n) is 25.4. The van der Waals surface area contributed by atoms with Gasteiger partial charge in [0.25, 0.3) is 0 Å². The number of hydrogen-bond donors (Lipinski definition) is 2. The summed E-state index contributed by atoms with van der Waals surface area (Å²) in [4.78, 5) is 7.68. The van der Waals surface area contributed by atoms with Crippen molar-refractivity contribution in [2.24, 2.45) is 4.99 Å². The van der Waals surface area contributed by atoms with Crippen LogP contribution in [-0.2, 0) is 4.74 Å². The summed E-state index contributed by atoms with van der Waals surface area (Å²) in [6.45, 7) is 0. The third kappa shape index (κ3) is 4.59. The second-order valence-electron chi connectivity index (χ2n) is 12.3. The zero-order valence-corrected chi connectivity index (χ0v) is 25.4. The lowest BCUT2D eigenvalue weighted by molar-refractivity contribution is 0.116. The molecule has 3 heterocycles. The monoisotopic (exact) mass is 598 g/mol. The van der Waals surface area contributed by atoms with Gasteiger partial charge in [-0.15, -0.1) is 0 Å². The highest BCUT2D eigenvalue weighted by atomic mass is 16.5. The summed E-state index contributed by atoms with van der Waals surface area (Å²) in [5.74, 6) is 1.13. The minimum atomic E-state index is -0.182. The Bertz CT molecular complexity index is 1990. The van der Waals surface area contributed by atoms with E-state index in [4.69, 9.17) is 9.73 Å². The molecule has 224 valence electrons. The van der Waals surface area contributed by atoms with Gasteiger partial charge in [0.05, 0.1) is 23.4 Å². The lowest BCUT2D eigenvalue weighted by Crippen LogP contribution is -2.31. The molecule has 2 aliphatic carbocycles. The number of anilines is 2. The maximum absolute atomic E-state index is 6.66. The number of benzene rings is 4. The molecular weight excluding hydrogens is 564 g/mol. The molecule has 46 heavy (non-hydrogen) atoms. The predicted octanol–water partition coefficient (Wildman–Crippen LogP) is 8.75. The smallest absolute Gasteiger partial charge is 0.196 e. The van der Waals surface area contributed by atoms with Gasteiger partial charge in [-0.3, -0.25) is 4.99 Å². The van der Waals surface area contributed by atoms with Crippen molar-refractivity contribution in [3.05, 3.63) is 185 Å². The van der Waals surface area contributed by atoms with Crippen LogP contribution < -0.4 is 15.5 Å². The van der Waals surface area contributed by atoms with Crippen LogP contribution in [0.4, 0.5) is 11.4 Å². The van der Waals surface area contributed by atoms with Crippen molar-refractivity contribution in [3.8, 4) is 0 Å². The molecule has 0 bridgehead atoms.